The maximum atomic E-state index is 12.3. The predicted molar refractivity (Wildman–Crippen MR) is 153 cm³/mol. The number of nitrogens with zero attached hydrogens (tertiary/aromatic N) is 3. The van der Waals surface area contributed by atoms with Gasteiger partial charge in [-0.2, -0.15) is 0 Å². The Bertz CT molecular complexity index is 1420. The van der Waals surface area contributed by atoms with Gasteiger partial charge in [-0.05, 0) is 65.9 Å². The number of benzene rings is 3. The van der Waals surface area contributed by atoms with Crippen molar-refractivity contribution in [1.82, 2.24) is 14.9 Å². The zero-order valence-corrected chi connectivity index (χ0v) is 22.7. The topological polar surface area (TPSA) is 95.4 Å². The number of carboxylic acids is 1. The molecule has 0 unspecified atom stereocenters. The SMILES string of the molecule is O=C(O)CCC(=O)N1CCC(Nc2ncnc3ccc(C(c4ccc(Cl)cc4)c4ccc(Cl)cc4)cc23)CC1. The Balaban J connectivity index is 1.40. The average Bonchev–Trinajstić information content (AvgIpc) is 2.94. The minimum atomic E-state index is -0.954. The van der Waals surface area contributed by atoms with Crippen LogP contribution in [0.3, 0.4) is 0 Å². The first-order chi connectivity index (χ1) is 18.9. The van der Waals surface area contributed by atoms with Gasteiger partial charge in [0.2, 0.25) is 5.91 Å². The van der Waals surface area contributed by atoms with E-state index in [9.17, 15) is 9.59 Å². The predicted octanol–water partition coefficient (Wildman–Crippen LogP) is 6.38. The van der Waals surface area contributed by atoms with Crippen molar-refractivity contribution < 1.29 is 14.7 Å². The van der Waals surface area contributed by atoms with E-state index in [1.165, 1.54) is 0 Å². The van der Waals surface area contributed by atoms with Gasteiger partial charge in [0.1, 0.15) is 12.1 Å². The number of carbonyl (C=O) groups is 2. The number of carboxylic acid groups (broad SMARTS) is 1. The minimum absolute atomic E-state index is 0.0369. The van der Waals surface area contributed by atoms with Crippen LogP contribution in [0.15, 0.2) is 73.1 Å². The van der Waals surface area contributed by atoms with Gasteiger partial charge in [-0.25, -0.2) is 9.97 Å². The van der Waals surface area contributed by atoms with E-state index < -0.39 is 5.97 Å². The van der Waals surface area contributed by atoms with Crippen LogP contribution in [0.4, 0.5) is 5.82 Å². The molecule has 9 heteroatoms. The second-order valence-corrected chi connectivity index (χ2v) is 10.6. The molecule has 1 aliphatic heterocycles. The Morgan fingerprint density at radius 1 is 0.872 bits per heavy atom. The van der Waals surface area contributed by atoms with Crippen LogP contribution >= 0.6 is 23.2 Å². The fourth-order valence-electron chi connectivity index (χ4n) is 5.10. The quantitative estimate of drug-likeness (QED) is 0.242. The van der Waals surface area contributed by atoms with E-state index in [-0.39, 0.29) is 30.7 Å². The molecule has 2 N–H and O–H groups in total. The van der Waals surface area contributed by atoms with Crippen molar-refractivity contribution in [3.8, 4) is 0 Å². The van der Waals surface area contributed by atoms with Gasteiger partial charge in [0.05, 0.1) is 11.9 Å². The van der Waals surface area contributed by atoms with E-state index in [0.717, 1.165) is 46.3 Å². The van der Waals surface area contributed by atoms with Crippen molar-refractivity contribution in [2.75, 3.05) is 18.4 Å². The Hall–Kier alpha value is -3.68. The molecule has 39 heavy (non-hydrogen) atoms. The summed E-state index contributed by atoms with van der Waals surface area (Å²) in [6.45, 7) is 1.17. The summed E-state index contributed by atoms with van der Waals surface area (Å²) in [5.74, 6) is -0.354. The molecule has 7 nitrogen and oxygen atoms in total. The smallest absolute Gasteiger partial charge is 0.303 e. The third-order valence-corrected chi connectivity index (χ3v) is 7.64. The maximum Gasteiger partial charge on any atom is 0.303 e. The van der Waals surface area contributed by atoms with E-state index in [1.807, 2.05) is 54.6 Å². The highest BCUT2D eigenvalue weighted by Crippen LogP contribution is 2.35. The number of anilines is 1. The van der Waals surface area contributed by atoms with Crippen LogP contribution in [0.5, 0.6) is 0 Å². The zero-order valence-electron chi connectivity index (χ0n) is 21.2. The molecule has 0 bridgehead atoms. The second-order valence-electron chi connectivity index (χ2n) is 9.73. The minimum Gasteiger partial charge on any atom is -0.481 e. The molecule has 0 spiro atoms. The number of rotatable bonds is 8. The molecule has 1 aliphatic rings. The summed E-state index contributed by atoms with van der Waals surface area (Å²) < 4.78 is 0. The highest BCUT2D eigenvalue weighted by molar-refractivity contribution is 6.30. The van der Waals surface area contributed by atoms with E-state index in [0.29, 0.717) is 23.1 Å². The standard InChI is InChI=1S/C30H28Cl2N4O3/c31-22-6-1-19(2-7-22)29(20-3-8-23(32)9-4-20)21-5-10-26-25(17-21)30(34-18-33-26)35-24-13-15-36(16-14-24)27(37)11-12-28(38)39/h1-10,17-18,24,29H,11-16H2,(H,38,39)(H,33,34,35). The number of halogens is 2. The monoisotopic (exact) mass is 562 g/mol. The van der Waals surface area contributed by atoms with Crippen LogP contribution in [0, 0.1) is 0 Å². The van der Waals surface area contributed by atoms with Gasteiger partial charge in [0.15, 0.2) is 0 Å². The molecule has 0 radical (unpaired) electrons. The number of piperidine rings is 1. The van der Waals surface area contributed by atoms with Gasteiger partial charge in [-0.1, -0.05) is 53.5 Å². The maximum absolute atomic E-state index is 12.3. The lowest BCUT2D eigenvalue weighted by Crippen LogP contribution is -2.42. The summed E-state index contributed by atoms with van der Waals surface area (Å²) in [7, 11) is 0. The molecule has 1 aromatic heterocycles. The number of fused-ring (bicyclic) bond motifs is 1. The average molecular weight is 563 g/mol. The first-order valence-electron chi connectivity index (χ1n) is 12.9. The van der Waals surface area contributed by atoms with Crippen LogP contribution in [-0.4, -0.2) is 51.0 Å². The molecule has 2 heterocycles. The lowest BCUT2D eigenvalue weighted by Gasteiger charge is -2.32. The highest BCUT2D eigenvalue weighted by Gasteiger charge is 2.24. The molecule has 5 rings (SSSR count). The molecule has 200 valence electrons. The van der Waals surface area contributed by atoms with E-state index >= 15 is 0 Å². The summed E-state index contributed by atoms with van der Waals surface area (Å²) in [6.07, 6.45) is 2.96. The van der Waals surface area contributed by atoms with Crippen LogP contribution < -0.4 is 5.32 Å². The van der Waals surface area contributed by atoms with Crippen molar-refractivity contribution in [2.45, 2.75) is 37.6 Å². The Morgan fingerprint density at radius 3 is 2.05 bits per heavy atom. The van der Waals surface area contributed by atoms with Crippen LogP contribution in [-0.2, 0) is 9.59 Å². The number of hydrogen-bond donors (Lipinski definition) is 2. The zero-order chi connectivity index (χ0) is 27.4. The molecule has 4 aromatic rings. The lowest BCUT2D eigenvalue weighted by molar-refractivity contribution is -0.141. The number of amides is 1. The van der Waals surface area contributed by atoms with Crippen LogP contribution in [0.2, 0.25) is 10.0 Å². The van der Waals surface area contributed by atoms with Gasteiger partial charge in [0.25, 0.3) is 0 Å². The van der Waals surface area contributed by atoms with Gasteiger partial charge in [-0.3, -0.25) is 9.59 Å². The number of aromatic nitrogens is 2. The molecule has 1 saturated heterocycles. The molecular formula is C30H28Cl2N4O3. The van der Waals surface area contributed by atoms with Gasteiger partial charge in [-0.15, -0.1) is 0 Å². The molecular weight excluding hydrogens is 535 g/mol. The summed E-state index contributed by atoms with van der Waals surface area (Å²) in [5, 5.41) is 14.7. The number of nitrogens with one attached hydrogen (secondary N) is 1. The van der Waals surface area contributed by atoms with Gasteiger partial charge in [0, 0.05) is 46.9 Å². The molecule has 3 aromatic carbocycles. The van der Waals surface area contributed by atoms with Crippen LogP contribution in [0.25, 0.3) is 10.9 Å². The number of likely N-dealkylation sites (tertiary alicyclic amines) is 1. The normalized spacial score (nSPS) is 14.1. The van der Waals surface area contributed by atoms with Gasteiger partial charge >= 0.3 is 5.97 Å². The van der Waals surface area contributed by atoms with Crippen molar-refractivity contribution in [2.24, 2.45) is 0 Å². The Morgan fingerprint density at radius 2 is 1.46 bits per heavy atom. The Kier molecular flexibility index (Phi) is 8.29. The fraction of sp³-hybridized carbons (Fsp3) is 0.267. The first-order valence-corrected chi connectivity index (χ1v) is 13.6. The van der Waals surface area contributed by atoms with E-state index in [2.05, 4.69) is 27.4 Å². The summed E-state index contributed by atoms with van der Waals surface area (Å²) in [4.78, 5) is 33.9. The molecule has 0 saturated carbocycles. The third-order valence-electron chi connectivity index (χ3n) is 7.14. The molecule has 0 aliphatic carbocycles. The van der Waals surface area contributed by atoms with Gasteiger partial charge < -0.3 is 15.3 Å². The number of carbonyl (C=O) groups excluding carboxylic acids is 1. The second kappa shape index (κ2) is 12.0. The molecule has 1 fully saturated rings. The lowest BCUT2D eigenvalue weighted by atomic mass is 9.84. The summed E-state index contributed by atoms with van der Waals surface area (Å²) >= 11 is 12.4. The Labute approximate surface area is 236 Å². The van der Waals surface area contributed by atoms with Crippen LogP contribution in [0.1, 0.15) is 48.3 Å². The molecule has 0 atom stereocenters. The van der Waals surface area contributed by atoms with Crippen molar-refractivity contribution in [3.63, 3.8) is 0 Å². The summed E-state index contributed by atoms with van der Waals surface area (Å²) in [5.41, 5.74) is 4.13. The largest absolute Gasteiger partial charge is 0.481 e. The summed E-state index contributed by atoms with van der Waals surface area (Å²) in [6, 6.07) is 22.1. The fourth-order valence-corrected chi connectivity index (χ4v) is 5.35. The number of hydrogen-bond acceptors (Lipinski definition) is 5. The first kappa shape index (κ1) is 26.9. The highest BCUT2D eigenvalue weighted by atomic mass is 35.5. The van der Waals surface area contributed by atoms with Crippen molar-refractivity contribution >= 4 is 51.8 Å². The van der Waals surface area contributed by atoms with E-state index in [1.54, 1.807) is 11.2 Å². The van der Waals surface area contributed by atoms with E-state index in [4.69, 9.17) is 28.3 Å². The number of aliphatic carboxylic acids is 1. The van der Waals surface area contributed by atoms with Crippen molar-refractivity contribution in [1.29, 1.82) is 0 Å². The third kappa shape index (κ3) is 6.49. The van der Waals surface area contributed by atoms with Crippen molar-refractivity contribution in [3.05, 3.63) is 99.8 Å². The molecule has 1 amide bonds.